The molecule has 1 aromatic carbocycles. The predicted octanol–water partition coefficient (Wildman–Crippen LogP) is 2.77. The Morgan fingerprint density at radius 1 is 1.12 bits per heavy atom. The van der Waals surface area contributed by atoms with Crippen molar-refractivity contribution in [2.24, 2.45) is 0 Å². The quantitative estimate of drug-likeness (QED) is 0.727. The van der Waals surface area contributed by atoms with Crippen molar-refractivity contribution in [2.75, 3.05) is 6.61 Å². The van der Waals surface area contributed by atoms with Gasteiger partial charge in [0.25, 0.3) is 5.91 Å². The van der Waals surface area contributed by atoms with Crippen molar-refractivity contribution in [2.45, 2.75) is 25.6 Å². The smallest absolute Gasteiger partial charge is 0.254 e. The lowest BCUT2D eigenvalue weighted by atomic mass is 10.1. The number of para-hydroxylation sites is 1. The number of amides is 1. The van der Waals surface area contributed by atoms with Crippen LogP contribution in [0.2, 0.25) is 0 Å². The normalized spacial score (nSPS) is 16.6. The molecule has 0 unspecified atom stereocenters. The standard InChI is InChI=1S/C20H20N4O2/c25-20(16-6-9-21-10-7-16)24-13-18-12-22-15-23(18)11-8-17(24)14-26-19-4-2-1-3-5-19/h1-7,9-10,12,15,17H,8,11,13-14H2/t17-/m1/s1. The Bertz CT molecular complexity index is 864. The maximum absolute atomic E-state index is 13.1. The van der Waals surface area contributed by atoms with Gasteiger partial charge in [0.05, 0.1) is 24.6 Å². The molecule has 0 aliphatic carbocycles. The lowest BCUT2D eigenvalue weighted by molar-refractivity contribution is 0.0589. The second kappa shape index (κ2) is 7.39. The van der Waals surface area contributed by atoms with Gasteiger partial charge in [-0.2, -0.15) is 0 Å². The molecule has 1 aliphatic heterocycles. The molecule has 1 aliphatic rings. The summed E-state index contributed by atoms with van der Waals surface area (Å²) < 4.78 is 8.07. The summed E-state index contributed by atoms with van der Waals surface area (Å²) in [5.41, 5.74) is 1.67. The van der Waals surface area contributed by atoms with Crippen LogP contribution in [-0.2, 0) is 13.1 Å². The fourth-order valence-corrected chi connectivity index (χ4v) is 3.21. The Balaban J connectivity index is 1.57. The number of rotatable bonds is 4. The highest BCUT2D eigenvalue weighted by Gasteiger charge is 2.29. The van der Waals surface area contributed by atoms with E-state index in [1.807, 2.05) is 47.8 Å². The second-order valence-electron chi connectivity index (χ2n) is 6.31. The zero-order valence-electron chi connectivity index (χ0n) is 14.4. The van der Waals surface area contributed by atoms with E-state index in [0.29, 0.717) is 18.7 Å². The largest absolute Gasteiger partial charge is 0.491 e. The first kappa shape index (κ1) is 16.3. The molecule has 3 aromatic rings. The molecule has 0 bridgehead atoms. The van der Waals surface area contributed by atoms with Crippen LogP contribution in [-0.4, -0.2) is 38.0 Å². The van der Waals surface area contributed by atoms with Crippen LogP contribution < -0.4 is 4.74 Å². The summed E-state index contributed by atoms with van der Waals surface area (Å²) in [7, 11) is 0. The third-order valence-electron chi connectivity index (χ3n) is 4.65. The minimum atomic E-state index is -0.0178. The number of aromatic nitrogens is 3. The molecule has 2 aromatic heterocycles. The van der Waals surface area contributed by atoms with Crippen LogP contribution in [0.1, 0.15) is 22.5 Å². The van der Waals surface area contributed by atoms with Crippen LogP contribution >= 0.6 is 0 Å². The molecule has 0 N–H and O–H groups in total. The van der Waals surface area contributed by atoms with Crippen LogP contribution in [0.3, 0.4) is 0 Å². The van der Waals surface area contributed by atoms with Crippen molar-refractivity contribution in [3.8, 4) is 5.75 Å². The highest BCUT2D eigenvalue weighted by Crippen LogP contribution is 2.21. The van der Waals surface area contributed by atoms with Gasteiger partial charge in [-0.05, 0) is 30.7 Å². The third-order valence-corrected chi connectivity index (χ3v) is 4.65. The monoisotopic (exact) mass is 348 g/mol. The predicted molar refractivity (Wildman–Crippen MR) is 96.7 cm³/mol. The number of aryl methyl sites for hydroxylation is 1. The number of imidazole rings is 1. The number of hydrogen-bond donors (Lipinski definition) is 0. The Morgan fingerprint density at radius 2 is 1.92 bits per heavy atom. The minimum absolute atomic E-state index is 0.0105. The molecule has 0 saturated carbocycles. The van der Waals surface area contributed by atoms with Gasteiger partial charge in [-0.3, -0.25) is 9.78 Å². The molecule has 0 saturated heterocycles. The molecule has 3 heterocycles. The molecular formula is C20H20N4O2. The maximum atomic E-state index is 13.1. The van der Waals surface area contributed by atoms with Gasteiger partial charge >= 0.3 is 0 Å². The summed E-state index contributed by atoms with van der Waals surface area (Å²) >= 11 is 0. The highest BCUT2D eigenvalue weighted by molar-refractivity contribution is 5.94. The number of nitrogens with zero attached hydrogens (tertiary/aromatic N) is 4. The van der Waals surface area contributed by atoms with E-state index >= 15 is 0 Å². The summed E-state index contributed by atoms with van der Waals surface area (Å²) in [6, 6.07) is 13.2. The third kappa shape index (κ3) is 3.44. The zero-order chi connectivity index (χ0) is 17.8. The molecule has 6 heteroatoms. The summed E-state index contributed by atoms with van der Waals surface area (Å²) in [5, 5.41) is 0. The molecule has 1 amide bonds. The van der Waals surface area contributed by atoms with Gasteiger partial charge in [0.2, 0.25) is 0 Å². The fourth-order valence-electron chi connectivity index (χ4n) is 3.21. The summed E-state index contributed by atoms with van der Waals surface area (Å²) in [4.78, 5) is 23.2. The van der Waals surface area contributed by atoms with Crippen LogP contribution in [0, 0.1) is 0 Å². The number of benzene rings is 1. The first-order valence-electron chi connectivity index (χ1n) is 8.69. The lowest BCUT2D eigenvalue weighted by Gasteiger charge is -2.29. The van der Waals surface area contributed by atoms with E-state index in [1.165, 1.54) is 0 Å². The van der Waals surface area contributed by atoms with E-state index in [9.17, 15) is 4.79 Å². The van der Waals surface area contributed by atoms with Gasteiger partial charge < -0.3 is 14.2 Å². The van der Waals surface area contributed by atoms with Gasteiger partial charge in [-0.25, -0.2) is 4.98 Å². The number of carbonyl (C=O) groups excluding carboxylic acids is 1. The van der Waals surface area contributed by atoms with Crippen LogP contribution in [0.5, 0.6) is 5.75 Å². The van der Waals surface area contributed by atoms with Crippen molar-refractivity contribution in [1.82, 2.24) is 19.4 Å². The van der Waals surface area contributed by atoms with Crippen LogP contribution in [0.4, 0.5) is 0 Å². The molecule has 0 radical (unpaired) electrons. The first-order valence-corrected chi connectivity index (χ1v) is 8.69. The highest BCUT2D eigenvalue weighted by atomic mass is 16.5. The SMILES string of the molecule is O=C(c1ccncc1)N1Cc2cncn2CC[C@@H]1COc1ccccc1. The molecule has 1 atom stereocenters. The van der Waals surface area contributed by atoms with Gasteiger partial charge in [0.1, 0.15) is 12.4 Å². The fraction of sp³-hybridized carbons (Fsp3) is 0.250. The van der Waals surface area contributed by atoms with E-state index in [-0.39, 0.29) is 11.9 Å². The van der Waals surface area contributed by atoms with E-state index < -0.39 is 0 Å². The minimum Gasteiger partial charge on any atom is -0.491 e. The van der Waals surface area contributed by atoms with Crippen molar-refractivity contribution in [3.05, 3.63) is 78.6 Å². The van der Waals surface area contributed by atoms with E-state index in [4.69, 9.17) is 4.74 Å². The van der Waals surface area contributed by atoms with Crippen LogP contribution in [0.15, 0.2) is 67.4 Å². The van der Waals surface area contributed by atoms with Gasteiger partial charge in [-0.1, -0.05) is 18.2 Å². The van der Waals surface area contributed by atoms with Gasteiger partial charge in [0.15, 0.2) is 0 Å². The number of fused-ring (bicyclic) bond motifs is 1. The second-order valence-corrected chi connectivity index (χ2v) is 6.31. The number of pyridine rings is 1. The zero-order valence-corrected chi connectivity index (χ0v) is 14.4. The molecule has 132 valence electrons. The molecule has 0 spiro atoms. The summed E-state index contributed by atoms with van der Waals surface area (Å²) in [5.74, 6) is 0.804. The molecule has 26 heavy (non-hydrogen) atoms. The molecule has 6 nitrogen and oxygen atoms in total. The van der Waals surface area contributed by atoms with Gasteiger partial charge in [0, 0.05) is 30.7 Å². The number of ether oxygens (including phenoxy) is 1. The Kier molecular flexibility index (Phi) is 4.64. The molecule has 4 rings (SSSR count). The Labute approximate surface area is 152 Å². The van der Waals surface area contributed by atoms with E-state index in [1.54, 1.807) is 24.5 Å². The Morgan fingerprint density at radius 3 is 2.73 bits per heavy atom. The molecular weight excluding hydrogens is 328 g/mol. The van der Waals surface area contributed by atoms with Gasteiger partial charge in [-0.15, -0.1) is 0 Å². The Hall–Kier alpha value is -3.15. The lowest BCUT2D eigenvalue weighted by Crippen LogP contribution is -2.42. The van der Waals surface area contributed by atoms with Crippen molar-refractivity contribution < 1.29 is 9.53 Å². The van der Waals surface area contributed by atoms with Crippen molar-refractivity contribution >= 4 is 5.91 Å². The van der Waals surface area contributed by atoms with E-state index in [2.05, 4.69) is 14.5 Å². The first-order chi connectivity index (χ1) is 12.8. The average Bonchev–Trinajstić information content (AvgIpc) is 3.07. The van der Waals surface area contributed by atoms with E-state index in [0.717, 1.165) is 24.4 Å². The van der Waals surface area contributed by atoms with Crippen molar-refractivity contribution in [3.63, 3.8) is 0 Å². The van der Waals surface area contributed by atoms with Crippen molar-refractivity contribution in [1.29, 1.82) is 0 Å². The summed E-state index contributed by atoms with van der Waals surface area (Å²) in [6.45, 7) is 1.79. The summed E-state index contributed by atoms with van der Waals surface area (Å²) in [6.07, 6.45) is 7.75. The molecule has 0 fully saturated rings. The average molecular weight is 348 g/mol. The number of hydrogen-bond acceptors (Lipinski definition) is 4. The maximum Gasteiger partial charge on any atom is 0.254 e. The topological polar surface area (TPSA) is 60.2 Å². The van der Waals surface area contributed by atoms with Crippen LogP contribution in [0.25, 0.3) is 0 Å². The number of carbonyl (C=O) groups is 1.